The van der Waals surface area contributed by atoms with Crippen LogP contribution in [0.3, 0.4) is 0 Å². The zero-order valence-electron chi connectivity index (χ0n) is 11.0. The SMILES string of the molecule is C=CCSc1nnc(COc2cc(C)ccc2C)o1. The van der Waals surface area contributed by atoms with Crippen LogP contribution >= 0.6 is 11.8 Å². The van der Waals surface area contributed by atoms with E-state index in [0.29, 0.717) is 11.1 Å². The van der Waals surface area contributed by atoms with Crippen LogP contribution in [0.25, 0.3) is 0 Å². The van der Waals surface area contributed by atoms with E-state index < -0.39 is 0 Å². The van der Waals surface area contributed by atoms with Crippen molar-refractivity contribution in [2.24, 2.45) is 0 Å². The Hall–Kier alpha value is -1.75. The van der Waals surface area contributed by atoms with Gasteiger partial charge in [-0.2, -0.15) is 0 Å². The number of benzene rings is 1. The third kappa shape index (κ3) is 3.86. The minimum atomic E-state index is 0.284. The average Bonchev–Trinajstić information content (AvgIpc) is 2.85. The second-order valence-electron chi connectivity index (χ2n) is 4.12. The Morgan fingerprint density at radius 2 is 2.21 bits per heavy atom. The molecule has 0 amide bonds. The predicted octanol–water partition coefficient (Wildman–Crippen LogP) is 3.54. The first kappa shape index (κ1) is 13.7. The summed E-state index contributed by atoms with van der Waals surface area (Å²) in [6.07, 6.45) is 1.79. The summed E-state index contributed by atoms with van der Waals surface area (Å²) in [6, 6.07) is 6.09. The van der Waals surface area contributed by atoms with Crippen LogP contribution < -0.4 is 4.74 Å². The molecule has 0 bridgehead atoms. The summed E-state index contributed by atoms with van der Waals surface area (Å²) in [5, 5.41) is 8.41. The second kappa shape index (κ2) is 6.43. The third-order valence-corrected chi connectivity index (χ3v) is 3.28. The van der Waals surface area contributed by atoms with E-state index >= 15 is 0 Å². The van der Waals surface area contributed by atoms with Crippen molar-refractivity contribution in [1.82, 2.24) is 10.2 Å². The molecule has 19 heavy (non-hydrogen) atoms. The Labute approximate surface area is 116 Å². The van der Waals surface area contributed by atoms with Gasteiger partial charge in [-0.25, -0.2) is 0 Å². The van der Waals surface area contributed by atoms with Gasteiger partial charge in [0.25, 0.3) is 11.1 Å². The van der Waals surface area contributed by atoms with Crippen molar-refractivity contribution in [3.05, 3.63) is 47.9 Å². The topological polar surface area (TPSA) is 48.2 Å². The number of aromatic nitrogens is 2. The molecule has 0 aliphatic heterocycles. The van der Waals surface area contributed by atoms with Crippen LogP contribution in [0.4, 0.5) is 0 Å². The number of nitrogens with zero attached hydrogens (tertiary/aromatic N) is 2. The van der Waals surface area contributed by atoms with E-state index in [1.165, 1.54) is 11.8 Å². The maximum Gasteiger partial charge on any atom is 0.277 e. The molecular weight excluding hydrogens is 260 g/mol. The minimum Gasteiger partial charge on any atom is -0.484 e. The zero-order chi connectivity index (χ0) is 13.7. The highest BCUT2D eigenvalue weighted by atomic mass is 32.2. The van der Waals surface area contributed by atoms with Gasteiger partial charge >= 0.3 is 0 Å². The van der Waals surface area contributed by atoms with E-state index in [9.17, 15) is 0 Å². The molecule has 0 N–H and O–H groups in total. The van der Waals surface area contributed by atoms with Gasteiger partial charge in [0.2, 0.25) is 0 Å². The molecule has 1 aromatic heterocycles. The molecule has 0 aliphatic rings. The molecule has 4 nitrogen and oxygen atoms in total. The first-order valence-corrected chi connectivity index (χ1v) is 6.93. The Bertz CT molecular complexity index is 566. The fourth-order valence-electron chi connectivity index (χ4n) is 1.49. The van der Waals surface area contributed by atoms with E-state index in [1.54, 1.807) is 6.08 Å². The highest BCUT2D eigenvalue weighted by Crippen LogP contribution is 2.21. The highest BCUT2D eigenvalue weighted by molar-refractivity contribution is 7.99. The fourth-order valence-corrected chi connectivity index (χ4v) is 2.00. The van der Waals surface area contributed by atoms with E-state index in [4.69, 9.17) is 9.15 Å². The summed E-state index contributed by atoms with van der Waals surface area (Å²) < 4.78 is 11.1. The molecule has 0 aliphatic carbocycles. The van der Waals surface area contributed by atoms with Gasteiger partial charge < -0.3 is 9.15 Å². The Morgan fingerprint density at radius 3 is 3.00 bits per heavy atom. The van der Waals surface area contributed by atoms with Crippen molar-refractivity contribution in [3.63, 3.8) is 0 Å². The zero-order valence-corrected chi connectivity index (χ0v) is 11.9. The van der Waals surface area contributed by atoms with Crippen LogP contribution in [0.2, 0.25) is 0 Å². The minimum absolute atomic E-state index is 0.284. The number of rotatable bonds is 6. The smallest absolute Gasteiger partial charge is 0.277 e. The van der Waals surface area contributed by atoms with Crippen LogP contribution in [0.15, 0.2) is 40.5 Å². The Kier molecular flexibility index (Phi) is 4.63. The summed E-state index contributed by atoms with van der Waals surface area (Å²) in [7, 11) is 0. The number of ether oxygens (including phenoxy) is 1. The lowest BCUT2D eigenvalue weighted by Gasteiger charge is -2.07. The molecule has 0 unspecified atom stereocenters. The number of hydrogen-bond acceptors (Lipinski definition) is 5. The maximum absolute atomic E-state index is 5.70. The van der Waals surface area contributed by atoms with Crippen LogP contribution in [0.5, 0.6) is 5.75 Å². The molecule has 0 saturated heterocycles. The molecule has 1 aromatic carbocycles. The third-order valence-electron chi connectivity index (χ3n) is 2.47. The lowest BCUT2D eigenvalue weighted by atomic mass is 10.1. The van der Waals surface area contributed by atoms with Gasteiger partial charge in [0.15, 0.2) is 6.61 Å². The van der Waals surface area contributed by atoms with E-state index in [2.05, 4.69) is 22.8 Å². The Morgan fingerprint density at radius 1 is 1.37 bits per heavy atom. The molecule has 5 heteroatoms. The summed E-state index contributed by atoms with van der Waals surface area (Å²) in [5.41, 5.74) is 2.25. The molecule has 0 saturated carbocycles. The first-order valence-electron chi connectivity index (χ1n) is 5.95. The summed E-state index contributed by atoms with van der Waals surface area (Å²) in [6.45, 7) is 7.96. The van der Waals surface area contributed by atoms with Crippen LogP contribution in [-0.4, -0.2) is 16.0 Å². The number of hydrogen-bond donors (Lipinski definition) is 0. The predicted molar refractivity (Wildman–Crippen MR) is 75.5 cm³/mol. The second-order valence-corrected chi connectivity index (χ2v) is 5.09. The van der Waals surface area contributed by atoms with Gasteiger partial charge in [0.05, 0.1) is 0 Å². The van der Waals surface area contributed by atoms with Crippen molar-refractivity contribution in [3.8, 4) is 5.75 Å². The van der Waals surface area contributed by atoms with Crippen molar-refractivity contribution in [2.75, 3.05) is 5.75 Å². The largest absolute Gasteiger partial charge is 0.484 e. The summed E-state index contributed by atoms with van der Waals surface area (Å²) >= 11 is 1.45. The maximum atomic E-state index is 5.70. The number of aryl methyl sites for hydroxylation is 2. The standard InChI is InChI=1S/C14H16N2O2S/c1-4-7-19-14-16-15-13(18-14)9-17-12-8-10(2)5-6-11(12)3/h4-6,8H,1,7,9H2,2-3H3. The highest BCUT2D eigenvalue weighted by Gasteiger charge is 2.07. The van der Waals surface area contributed by atoms with Crippen LogP contribution in [0, 0.1) is 13.8 Å². The molecule has 0 spiro atoms. The van der Waals surface area contributed by atoms with Gasteiger partial charge in [-0.1, -0.05) is 30.0 Å². The van der Waals surface area contributed by atoms with Crippen LogP contribution in [-0.2, 0) is 6.61 Å². The quantitative estimate of drug-likeness (QED) is 0.596. The molecule has 0 atom stereocenters. The van der Waals surface area contributed by atoms with Gasteiger partial charge in [-0.3, -0.25) is 0 Å². The molecule has 0 radical (unpaired) electrons. The van der Waals surface area contributed by atoms with E-state index in [1.807, 2.05) is 26.0 Å². The number of thioether (sulfide) groups is 1. The molecule has 100 valence electrons. The fraction of sp³-hybridized carbons (Fsp3) is 0.286. The lowest BCUT2D eigenvalue weighted by molar-refractivity contribution is 0.250. The van der Waals surface area contributed by atoms with Gasteiger partial charge in [-0.15, -0.1) is 16.8 Å². The van der Waals surface area contributed by atoms with Gasteiger partial charge in [-0.05, 0) is 31.0 Å². The first-order chi connectivity index (χ1) is 9.19. The molecule has 2 aromatic rings. The molecule has 2 rings (SSSR count). The summed E-state index contributed by atoms with van der Waals surface area (Å²) in [5.74, 6) is 2.07. The van der Waals surface area contributed by atoms with Crippen molar-refractivity contribution in [1.29, 1.82) is 0 Å². The van der Waals surface area contributed by atoms with Crippen molar-refractivity contribution < 1.29 is 9.15 Å². The lowest BCUT2D eigenvalue weighted by Crippen LogP contribution is -1.97. The molecular formula is C14H16N2O2S. The normalized spacial score (nSPS) is 10.4. The molecule has 0 fully saturated rings. The van der Waals surface area contributed by atoms with Crippen LogP contribution in [0.1, 0.15) is 17.0 Å². The Balaban J connectivity index is 1.96. The van der Waals surface area contributed by atoms with Gasteiger partial charge in [0, 0.05) is 5.75 Å². The molecule has 1 heterocycles. The average molecular weight is 276 g/mol. The van der Waals surface area contributed by atoms with Crippen molar-refractivity contribution >= 4 is 11.8 Å². The van der Waals surface area contributed by atoms with Crippen molar-refractivity contribution in [2.45, 2.75) is 25.7 Å². The van der Waals surface area contributed by atoms with E-state index in [-0.39, 0.29) is 6.61 Å². The monoisotopic (exact) mass is 276 g/mol. The van der Waals surface area contributed by atoms with E-state index in [0.717, 1.165) is 22.6 Å². The van der Waals surface area contributed by atoms with Gasteiger partial charge in [0.1, 0.15) is 5.75 Å². The summed E-state index contributed by atoms with van der Waals surface area (Å²) in [4.78, 5) is 0.